The molecule has 0 bridgehead atoms. The van der Waals surface area contributed by atoms with Crippen molar-refractivity contribution in [2.75, 3.05) is 36.0 Å². The van der Waals surface area contributed by atoms with E-state index in [1.54, 1.807) is 71.2 Å². The van der Waals surface area contributed by atoms with Gasteiger partial charge in [0, 0.05) is 150 Å². The van der Waals surface area contributed by atoms with E-state index in [1.807, 2.05) is 23.6 Å². The van der Waals surface area contributed by atoms with Gasteiger partial charge < -0.3 is 18.9 Å². The third-order valence-corrected chi connectivity index (χ3v) is 14.7. The van der Waals surface area contributed by atoms with E-state index in [4.69, 9.17) is 9.97 Å². The Labute approximate surface area is 459 Å². The summed E-state index contributed by atoms with van der Waals surface area (Å²) in [5.41, 5.74) is 3.16. The Morgan fingerprint density at radius 3 is 1.40 bits per heavy atom. The third-order valence-electron chi connectivity index (χ3n) is 14.7. The molecule has 2 fully saturated rings. The maximum absolute atomic E-state index is 16.0. The summed E-state index contributed by atoms with van der Waals surface area (Å²) in [5, 5.41) is 52.0. The Morgan fingerprint density at radius 2 is 1.02 bits per heavy atom. The molecule has 2 saturated heterocycles. The number of anilines is 2. The molecule has 30 heteroatoms. The smallest absolute Gasteiger partial charge is 0.368 e. The number of halogens is 8. The Hall–Kier alpha value is -9.74. The van der Waals surface area contributed by atoms with Crippen molar-refractivity contribution in [1.82, 2.24) is 88.6 Å². The number of rotatable bonds is 8. The van der Waals surface area contributed by atoms with Gasteiger partial charge in [0.2, 0.25) is 0 Å². The predicted molar refractivity (Wildman–Crippen MR) is 278 cm³/mol. The topological polar surface area (TPSA) is 238 Å². The number of piperidine rings is 2. The van der Waals surface area contributed by atoms with Gasteiger partial charge >= 0.3 is 12.6 Å². The van der Waals surface area contributed by atoms with Crippen molar-refractivity contribution in [2.45, 2.75) is 63.5 Å². The zero-order valence-electron chi connectivity index (χ0n) is 44.4. The second kappa shape index (κ2) is 20.1. The number of nitriles is 2. The fourth-order valence-corrected chi connectivity index (χ4v) is 10.6. The number of aromatic nitrogens is 18. The van der Waals surface area contributed by atoms with E-state index in [9.17, 15) is 36.9 Å². The Morgan fingerprint density at radius 1 is 0.573 bits per heavy atom. The number of hydrogen-bond donors (Lipinski definition) is 0. The molecule has 0 saturated carbocycles. The summed E-state index contributed by atoms with van der Waals surface area (Å²) in [5.74, 6) is 0.462. The first kappa shape index (κ1) is 54.2. The minimum atomic E-state index is -4.71. The molecule has 0 radical (unpaired) electrons. The highest BCUT2D eigenvalue weighted by Crippen LogP contribution is 2.45. The van der Waals surface area contributed by atoms with Crippen LogP contribution in [0.1, 0.15) is 59.8 Å². The quantitative estimate of drug-likeness (QED) is 0.130. The van der Waals surface area contributed by atoms with Crippen LogP contribution in [-0.2, 0) is 52.1 Å². The summed E-state index contributed by atoms with van der Waals surface area (Å²) in [4.78, 5) is 21.8. The first-order chi connectivity index (χ1) is 38.9. The number of aryl methyl sites for hydroxylation is 5. The number of hydrogen-bond acceptors (Lipinski definition) is 16. The highest BCUT2D eigenvalue weighted by Gasteiger charge is 2.43. The van der Waals surface area contributed by atoms with Gasteiger partial charge in [-0.15, -0.1) is 56.9 Å². The normalized spacial score (nSPS) is 15.4. The van der Waals surface area contributed by atoms with Gasteiger partial charge in [0.25, 0.3) is 0 Å². The molecule has 2 aliphatic rings. The highest BCUT2D eigenvalue weighted by atomic mass is 19.4. The number of alkyl halides is 8. The fourth-order valence-electron chi connectivity index (χ4n) is 10.6. The monoisotopic (exact) mass is 1130 g/mol. The fraction of sp³-hybridized carbons (Fsp3) is 0.346. The van der Waals surface area contributed by atoms with E-state index in [2.05, 4.69) is 62.9 Å². The van der Waals surface area contributed by atoms with Crippen LogP contribution >= 0.6 is 0 Å². The van der Waals surface area contributed by atoms with E-state index in [-0.39, 0.29) is 106 Å². The van der Waals surface area contributed by atoms with Gasteiger partial charge in [0.15, 0.2) is 34.3 Å². The molecule has 22 nitrogen and oxygen atoms in total. The lowest BCUT2D eigenvalue weighted by molar-refractivity contribution is -0.212. The first-order valence-electron chi connectivity index (χ1n) is 25.3. The van der Waals surface area contributed by atoms with Gasteiger partial charge in [-0.2, -0.15) is 30.1 Å². The summed E-state index contributed by atoms with van der Waals surface area (Å²) in [6.07, 6.45) is 1.63. The zero-order chi connectivity index (χ0) is 58.2. The van der Waals surface area contributed by atoms with Crippen molar-refractivity contribution in [3.63, 3.8) is 0 Å². The Bertz CT molecular complexity index is 4170. The zero-order valence-corrected chi connectivity index (χ0v) is 44.4. The Balaban J connectivity index is 0.000000172. The third kappa shape index (κ3) is 9.82. The van der Waals surface area contributed by atoms with Crippen LogP contribution in [0.3, 0.4) is 0 Å². The molecule has 0 amide bonds. The van der Waals surface area contributed by atoms with Gasteiger partial charge in [-0.25, -0.2) is 28.7 Å². The van der Waals surface area contributed by atoms with Gasteiger partial charge in [-0.3, -0.25) is 9.36 Å². The lowest BCUT2D eigenvalue weighted by atomic mass is 9.91. The molecule has 10 aromatic heterocycles. The minimum absolute atomic E-state index is 0.0854. The molecule has 0 aliphatic carbocycles. The molecule has 12 rings (SSSR count). The van der Waals surface area contributed by atoms with Crippen LogP contribution in [-0.4, -0.2) is 115 Å². The standard InChI is InChI=1S/C27H25F4N11.C25H21F4N11/c1-15-21(16(2)40(4)37-15)20-10-17(11-32)23(41-7-5-26(28,6-8-41)25-36-34-14-39(25)3)22(35-20)18-9-19-13-42(27(29,30)31)38-24(19)33-12-18;1-37-14-32-35-23(37)24(26)3-5-39(6-4-24)21-15(9-30)8-19(18-11-33-38(2)12-18)34-20(21)16-7-17-13-40(25(27,28)29)36-22(17)31-10-16/h9-10,12-14H,5-8H2,1-4H3;7-8,10-14H,3-6H2,1-2H3. The largest absolute Gasteiger partial charge is 0.504 e. The second-order valence-electron chi connectivity index (χ2n) is 20.1. The summed E-state index contributed by atoms with van der Waals surface area (Å²) in [6.45, 7) is 4.66. The maximum Gasteiger partial charge on any atom is 0.504 e. The van der Waals surface area contributed by atoms with Gasteiger partial charge in [-0.05, 0) is 38.1 Å². The van der Waals surface area contributed by atoms with Crippen molar-refractivity contribution >= 4 is 33.4 Å². The number of pyridine rings is 4. The lowest BCUT2D eigenvalue weighted by Gasteiger charge is -2.38. The minimum Gasteiger partial charge on any atom is -0.368 e. The molecule has 420 valence electrons. The highest BCUT2D eigenvalue weighted by molar-refractivity contribution is 5.89. The van der Waals surface area contributed by atoms with Crippen LogP contribution in [0, 0.1) is 36.5 Å². The van der Waals surface area contributed by atoms with Crippen LogP contribution < -0.4 is 9.80 Å². The average molecular weight is 1130 g/mol. The lowest BCUT2D eigenvalue weighted by Crippen LogP contribution is -2.42. The molecular weight excluding hydrogens is 1080 g/mol. The average Bonchev–Trinajstić information content (AvgIpc) is 3.23. The van der Waals surface area contributed by atoms with Crippen molar-refractivity contribution in [2.24, 2.45) is 28.2 Å². The molecule has 10 aromatic rings. The number of fused-ring (bicyclic) bond motifs is 2. The van der Waals surface area contributed by atoms with Crippen LogP contribution in [0.4, 0.5) is 46.5 Å². The summed E-state index contributed by atoms with van der Waals surface area (Å²) in [6, 6.07) is 10.8. The van der Waals surface area contributed by atoms with Gasteiger partial charge in [-0.1, -0.05) is 0 Å². The first-order valence-corrected chi connectivity index (χ1v) is 25.3. The van der Waals surface area contributed by atoms with E-state index < -0.39 is 23.9 Å². The molecule has 82 heavy (non-hydrogen) atoms. The molecule has 0 unspecified atom stereocenters. The van der Waals surface area contributed by atoms with Crippen LogP contribution in [0.25, 0.3) is 67.1 Å². The van der Waals surface area contributed by atoms with E-state index >= 15 is 8.78 Å². The Kier molecular flexibility index (Phi) is 13.3. The maximum atomic E-state index is 16.0. The SMILES string of the molecule is Cc1nn(C)c(C)c1-c1cc(C#N)c(N2CCC(F)(c3nncn3C)CC2)c(-c2cnc3nn(C(F)(F)F)cc3c2)n1.Cn1cc(-c2cc(C#N)c(N3CCC(F)(c4nncn4C)CC3)c(-c3cnc4nn(C(F)(F)F)cc4c3)n2)cn1. The molecule has 0 aromatic carbocycles. The molecule has 2 aliphatic heterocycles. The van der Waals surface area contributed by atoms with Gasteiger partial charge in [0.1, 0.15) is 24.8 Å². The molecule has 12 heterocycles. The summed E-state index contributed by atoms with van der Waals surface area (Å²) < 4.78 is 118. The van der Waals surface area contributed by atoms with E-state index in [0.29, 0.717) is 56.5 Å². The molecule has 0 spiro atoms. The van der Waals surface area contributed by atoms with E-state index in [0.717, 1.165) is 23.7 Å². The second-order valence-corrected chi connectivity index (χ2v) is 20.1. The predicted octanol–water partition coefficient (Wildman–Crippen LogP) is 8.29. The van der Waals surface area contributed by atoms with Crippen molar-refractivity contribution in [3.8, 4) is 57.2 Å². The van der Waals surface area contributed by atoms with Gasteiger partial charge in [0.05, 0.1) is 57.2 Å². The summed E-state index contributed by atoms with van der Waals surface area (Å²) in [7, 11) is 6.91. The van der Waals surface area contributed by atoms with Crippen molar-refractivity contribution in [1.29, 1.82) is 10.5 Å². The van der Waals surface area contributed by atoms with Crippen LogP contribution in [0.2, 0.25) is 0 Å². The van der Waals surface area contributed by atoms with Crippen molar-refractivity contribution < 1.29 is 35.1 Å². The molecule has 0 atom stereocenters. The van der Waals surface area contributed by atoms with E-state index in [1.165, 1.54) is 37.2 Å². The van der Waals surface area contributed by atoms with Crippen LogP contribution in [0.15, 0.2) is 74.1 Å². The number of nitrogens with zero attached hydrogens (tertiary/aromatic N) is 22. The summed E-state index contributed by atoms with van der Waals surface area (Å²) >= 11 is 0. The molecule has 0 N–H and O–H groups in total. The van der Waals surface area contributed by atoms with Crippen LogP contribution in [0.5, 0.6) is 0 Å². The molecular formula is C52H46F8N22. The van der Waals surface area contributed by atoms with Crippen molar-refractivity contribution in [3.05, 3.63) is 108 Å².